The van der Waals surface area contributed by atoms with Crippen molar-refractivity contribution in [1.29, 1.82) is 0 Å². The maximum atomic E-state index is 11.9. The number of aromatic nitrogens is 1. The summed E-state index contributed by atoms with van der Waals surface area (Å²) in [5.41, 5.74) is 3.98. The second-order valence-electron chi connectivity index (χ2n) is 4.00. The SMILES string of the molecule is Cc1ccc2n1-c1ccccc1C(=O)NC2. The van der Waals surface area contributed by atoms with Gasteiger partial charge in [0.2, 0.25) is 0 Å². The van der Waals surface area contributed by atoms with E-state index in [9.17, 15) is 4.79 Å². The third kappa shape index (κ3) is 1.18. The first-order chi connectivity index (χ1) is 7.77. The first-order valence-corrected chi connectivity index (χ1v) is 5.32. The van der Waals surface area contributed by atoms with Crippen molar-refractivity contribution in [3.63, 3.8) is 0 Å². The average Bonchev–Trinajstić information content (AvgIpc) is 2.60. The van der Waals surface area contributed by atoms with Crippen LogP contribution in [0.25, 0.3) is 5.69 Å². The Morgan fingerprint density at radius 1 is 1.19 bits per heavy atom. The van der Waals surface area contributed by atoms with Crippen LogP contribution in [0.3, 0.4) is 0 Å². The Kier molecular flexibility index (Phi) is 1.86. The van der Waals surface area contributed by atoms with Gasteiger partial charge in [-0.15, -0.1) is 0 Å². The number of nitrogens with zero attached hydrogens (tertiary/aromatic N) is 1. The van der Waals surface area contributed by atoms with E-state index in [1.165, 1.54) is 0 Å². The number of hydrogen-bond donors (Lipinski definition) is 1. The molecule has 0 spiro atoms. The first kappa shape index (κ1) is 9.21. The molecule has 0 saturated heterocycles. The maximum Gasteiger partial charge on any atom is 0.253 e. The molecule has 0 unspecified atom stereocenters. The molecule has 0 saturated carbocycles. The third-order valence-corrected chi connectivity index (χ3v) is 2.98. The van der Waals surface area contributed by atoms with Crippen LogP contribution in [-0.2, 0) is 6.54 Å². The molecule has 0 aliphatic carbocycles. The molecule has 1 amide bonds. The fraction of sp³-hybridized carbons (Fsp3) is 0.154. The standard InChI is InChI=1S/C13H12N2O/c1-9-6-7-10-8-14-13(16)11-4-2-3-5-12(11)15(9)10/h2-7H,8H2,1H3,(H,14,16). The van der Waals surface area contributed by atoms with Crippen LogP contribution >= 0.6 is 0 Å². The number of carbonyl (C=O) groups is 1. The van der Waals surface area contributed by atoms with E-state index >= 15 is 0 Å². The van der Waals surface area contributed by atoms with Crippen molar-refractivity contribution in [2.45, 2.75) is 13.5 Å². The zero-order valence-electron chi connectivity index (χ0n) is 9.03. The Morgan fingerprint density at radius 2 is 2.00 bits per heavy atom. The molecule has 0 fully saturated rings. The maximum absolute atomic E-state index is 11.9. The summed E-state index contributed by atoms with van der Waals surface area (Å²) >= 11 is 0. The van der Waals surface area contributed by atoms with Gasteiger partial charge in [0.15, 0.2) is 0 Å². The number of benzene rings is 1. The molecular weight excluding hydrogens is 200 g/mol. The molecule has 16 heavy (non-hydrogen) atoms. The molecule has 1 N–H and O–H groups in total. The fourth-order valence-corrected chi connectivity index (χ4v) is 2.20. The molecule has 2 aromatic rings. The van der Waals surface area contributed by atoms with Crippen LogP contribution < -0.4 is 5.32 Å². The highest BCUT2D eigenvalue weighted by atomic mass is 16.1. The van der Waals surface area contributed by atoms with E-state index in [1.54, 1.807) is 0 Å². The molecule has 1 aromatic heterocycles. The van der Waals surface area contributed by atoms with E-state index < -0.39 is 0 Å². The van der Waals surface area contributed by atoms with Gasteiger partial charge in [0.1, 0.15) is 0 Å². The minimum absolute atomic E-state index is 0.00120. The monoisotopic (exact) mass is 212 g/mol. The van der Waals surface area contributed by atoms with Gasteiger partial charge in [0.05, 0.1) is 17.8 Å². The fourth-order valence-electron chi connectivity index (χ4n) is 2.20. The molecule has 0 radical (unpaired) electrons. The van der Waals surface area contributed by atoms with E-state index in [0.717, 1.165) is 22.6 Å². The predicted octanol–water partition coefficient (Wildman–Crippen LogP) is 2.03. The lowest BCUT2D eigenvalue weighted by atomic mass is 10.1. The molecular formula is C13H12N2O. The number of carbonyl (C=O) groups excluding carboxylic acids is 1. The lowest BCUT2D eigenvalue weighted by Crippen LogP contribution is -2.21. The van der Waals surface area contributed by atoms with Crippen molar-refractivity contribution in [3.8, 4) is 5.69 Å². The van der Waals surface area contributed by atoms with Gasteiger partial charge in [0, 0.05) is 11.4 Å². The van der Waals surface area contributed by atoms with Gasteiger partial charge >= 0.3 is 0 Å². The zero-order valence-corrected chi connectivity index (χ0v) is 9.03. The second-order valence-corrected chi connectivity index (χ2v) is 4.00. The molecule has 0 bridgehead atoms. The summed E-state index contributed by atoms with van der Waals surface area (Å²) in [6, 6.07) is 11.8. The molecule has 1 aromatic carbocycles. The van der Waals surface area contributed by atoms with Crippen molar-refractivity contribution >= 4 is 5.91 Å². The topological polar surface area (TPSA) is 34.0 Å². The van der Waals surface area contributed by atoms with Crippen molar-refractivity contribution < 1.29 is 4.79 Å². The van der Waals surface area contributed by atoms with Crippen LogP contribution in [0.2, 0.25) is 0 Å². The number of amides is 1. The van der Waals surface area contributed by atoms with Gasteiger partial charge in [-0.3, -0.25) is 4.79 Å². The Morgan fingerprint density at radius 3 is 2.88 bits per heavy atom. The molecule has 1 aliphatic heterocycles. The van der Waals surface area contributed by atoms with Crippen LogP contribution in [0.15, 0.2) is 36.4 Å². The predicted molar refractivity (Wildman–Crippen MR) is 61.7 cm³/mol. The quantitative estimate of drug-likeness (QED) is 0.712. The highest BCUT2D eigenvalue weighted by Gasteiger charge is 2.19. The first-order valence-electron chi connectivity index (χ1n) is 5.32. The van der Waals surface area contributed by atoms with Gasteiger partial charge in [-0.2, -0.15) is 0 Å². The number of aryl methyl sites for hydroxylation is 1. The highest BCUT2D eigenvalue weighted by molar-refractivity contribution is 5.98. The van der Waals surface area contributed by atoms with Crippen LogP contribution in [-0.4, -0.2) is 10.5 Å². The van der Waals surface area contributed by atoms with Gasteiger partial charge in [-0.05, 0) is 31.2 Å². The Labute approximate surface area is 93.7 Å². The summed E-state index contributed by atoms with van der Waals surface area (Å²) in [6.45, 7) is 2.64. The van der Waals surface area contributed by atoms with E-state index in [2.05, 4.69) is 28.9 Å². The van der Waals surface area contributed by atoms with Crippen LogP contribution in [0.1, 0.15) is 21.7 Å². The molecule has 0 atom stereocenters. The molecule has 3 nitrogen and oxygen atoms in total. The molecule has 80 valence electrons. The van der Waals surface area contributed by atoms with Crippen molar-refractivity contribution in [2.24, 2.45) is 0 Å². The third-order valence-electron chi connectivity index (χ3n) is 2.98. The Bertz CT molecular complexity index is 569. The van der Waals surface area contributed by atoms with Crippen molar-refractivity contribution in [2.75, 3.05) is 0 Å². The van der Waals surface area contributed by atoms with Crippen LogP contribution in [0.4, 0.5) is 0 Å². The van der Waals surface area contributed by atoms with Crippen molar-refractivity contribution in [1.82, 2.24) is 9.88 Å². The normalized spacial score (nSPS) is 13.7. The van der Waals surface area contributed by atoms with Gasteiger partial charge in [-0.1, -0.05) is 12.1 Å². The minimum Gasteiger partial charge on any atom is -0.346 e. The smallest absolute Gasteiger partial charge is 0.253 e. The van der Waals surface area contributed by atoms with E-state index in [1.807, 2.05) is 24.3 Å². The Hall–Kier alpha value is -2.03. The summed E-state index contributed by atoms with van der Waals surface area (Å²) in [5.74, 6) is -0.00120. The number of para-hydroxylation sites is 1. The summed E-state index contributed by atoms with van der Waals surface area (Å²) in [4.78, 5) is 11.9. The second kappa shape index (κ2) is 3.23. The summed E-state index contributed by atoms with van der Waals surface area (Å²) in [7, 11) is 0. The minimum atomic E-state index is -0.00120. The zero-order chi connectivity index (χ0) is 11.1. The van der Waals surface area contributed by atoms with Crippen molar-refractivity contribution in [3.05, 3.63) is 53.3 Å². The van der Waals surface area contributed by atoms with Gasteiger partial charge in [0.25, 0.3) is 5.91 Å². The number of hydrogen-bond acceptors (Lipinski definition) is 1. The van der Waals surface area contributed by atoms with Crippen LogP contribution in [0.5, 0.6) is 0 Å². The lowest BCUT2D eigenvalue weighted by molar-refractivity contribution is 0.0953. The van der Waals surface area contributed by atoms with Gasteiger partial charge in [-0.25, -0.2) is 0 Å². The summed E-state index contributed by atoms with van der Waals surface area (Å²) in [6.07, 6.45) is 0. The summed E-state index contributed by atoms with van der Waals surface area (Å²) in [5, 5.41) is 2.91. The molecule has 1 aliphatic rings. The molecule has 3 heteroatoms. The van der Waals surface area contributed by atoms with E-state index in [0.29, 0.717) is 6.54 Å². The summed E-state index contributed by atoms with van der Waals surface area (Å²) < 4.78 is 2.13. The average molecular weight is 212 g/mol. The molecule has 2 heterocycles. The lowest BCUT2D eigenvalue weighted by Gasteiger charge is -2.10. The van der Waals surface area contributed by atoms with E-state index in [-0.39, 0.29) is 5.91 Å². The Balaban J connectivity index is 2.35. The number of nitrogens with one attached hydrogen (secondary N) is 1. The highest BCUT2D eigenvalue weighted by Crippen LogP contribution is 2.23. The van der Waals surface area contributed by atoms with E-state index in [4.69, 9.17) is 0 Å². The molecule has 3 rings (SSSR count). The van der Waals surface area contributed by atoms with Crippen LogP contribution in [0, 0.1) is 6.92 Å². The number of fused-ring (bicyclic) bond motifs is 3. The number of rotatable bonds is 0. The largest absolute Gasteiger partial charge is 0.346 e. The van der Waals surface area contributed by atoms with Gasteiger partial charge < -0.3 is 9.88 Å².